The summed E-state index contributed by atoms with van der Waals surface area (Å²) in [5.41, 5.74) is 1.00. The Labute approximate surface area is 105 Å². The van der Waals surface area contributed by atoms with Crippen molar-refractivity contribution in [2.45, 2.75) is 31.1 Å². The number of anilines is 1. The fourth-order valence-electron chi connectivity index (χ4n) is 2.17. The molecule has 0 aromatic heterocycles. The Morgan fingerprint density at radius 2 is 2.29 bits per heavy atom. The molecule has 1 N–H and O–H groups in total. The van der Waals surface area contributed by atoms with Gasteiger partial charge in [0.05, 0.1) is 6.07 Å². The van der Waals surface area contributed by atoms with Crippen molar-refractivity contribution in [3.8, 4) is 6.07 Å². The van der Waals surface area contributed by atoms with Gasteiger partial charge in [0.25, 0.3) is 0 Å². The van der Waals surface area contributed by atoms with Gasteiger partial charge in [-0.15, -0.1) is 0 Å². The van der Waals surface area contributed by atoms with E-state index in [4.69, 9.17) is 0 Å². The average Bonchev–Trinajstić information content (AvgIpc) is 2.59. The molecular weight excluding hydrogens is 235 g/mol. The molecule has 0 saturated carbocycles. The van der Waals surface area contributed by atoms with Crippen LogP contribution < -0.4 is 5.32 Å². The maximum absolute atomic E-state index is 13.3. The van der Waals surface area contributed by atoms with Crippen molar-refractivity contribution >= 4 is 17.4 Å². The molecule has 0 radical (unpaired) electrons. The highest BCUT2D eigenvalue weighted by molar-refractivity contribution is 8.00. The van der Waals surface area contributed by atoms with Crippen LogP contribution in [0.4, 0.5) is 10.1 Å². The van der Waals surface area contributed by atoms with E-state index in [1.54, 1.807) is 11.8 Å². The number of nitrogens with zero attached hydrogens (tertiary/aromatic N) is 1. The predicted molar refractivity (Wildman–Crippen MR) is 69.6 cm³/mol. The van der Waals surface area contributed by atoms with Crippen LogP contribution in [0.25, 0.3) is 0 Å². The first kappa shape index (κ1) is 12.3. The van der Waals surface area contributed by atoms with Crippen LogP contribution >= 0.6 is 11.8 Å². The molecule has 0 bridgehead atoms. The number of aryl methyl sites for hydroxylation is 1. The summed E-state index contributed by atoms with van der Waals surface area (Å²) in [6, 6.07) is 7.14. The zero-order valence-electron chi connectivity index (χ0n) is 9.96. The lowest BCUT2D eigenvalue weighted by atomic mass is 9.97. The minimum atomic E-state index is -0.551. The van der Waals surface area contributed by atoms with E-state index in [9.17, 15) is 9.65 Å². The Bertz CT molecular complexity index is 449. The first-order valence-electron chi connectivity index (χ1n) is 5.61. The van der Waals surface area contributed by atoms with Gasteiger partial charge in [-0.05, 0) is 37.1 Å². The third-order valence-electron chi connectivity index (χ3n) is 2.89. The van der Waals surface area contributed by atoms with Gasteiger partial charge >= 0.3 is 0 Å². The van der Waals surface area contributed by atoms with E-state index in [-0.39, 0.29) is 5.82 Å². The highest BCUT2D eigenvalue weighted by Gasteiger charge is 2.38. The first-order valence-corrected chi connectivity index (χ1v) is 6.66. The summed E-state index contributed by atoms with van der Waals surface area (Å²) in [5, 5.41) is 13.0. The Morgan fingerprint density at radius 1 is 1.53 bits per heavy atom. The molecule has 2 atom stereocenters. The Morgan fingerprint density at radius 3 is 2.82 bits per heavy atom. The number of halogens is 1. The van der Waals surface area contributed by atoms with E-state index < -0.39 is 5.54 Å². The molecule has 1 aromatic rings. The lowest BCUT2D eigenvalue weighted by molar-refractivity contribution is 0.615. The van der Waals surface area contributed by atoms with Gasteiger partial charge in [-0.3, -0.25) is 0 Å². The molecule has 1 heterocycles. The normalized spacial score (nSPS) is 27.8. The highest BCUT2D eigenvalue weighted by Crippen LogP contribution is 2.36. The third kappa shape index (κ3) is 2.73. The van der Waals surface area contributed by atoms with E-state index in [0.29, 0.717) is 10.9 Å². The van der Waals surface area contributed by atoms with Crippen molar-refractivity contribution in [2.24, 2.45) is 0 Å². The van der Waals surface area contributed by atoms with Gasteiger partial charge < -0.3 is 5.32 Å². The molecule has 1 fully saturated rings. The summed E-state index contributed by atoms with van der Waals surface area (Å²) in [7, 11) is 0. The van der Waals surface area contributed by atoms with E-state index in [0.717, 1.165) is 17.7 Å². The van der Waals surface area contributed by atoms with Crippen LogP contribution in [0.2, 0.25) is 0 Å². The molecule has 90 valence electrons. The molecule has 4 heteroatoms. The van der Waals surface area contributed by atoms with Crippen molar-refractivity contribution in [3.05, 3.63) is 29.6 Å². The average molecular weight is 250 g/mol. The van der Waals surface area contributed by atoms with Gasteiger partial charge in [0.2, 0.25) is 0 Å². The van der Waals surface area contributed by atoms with Gasteiger partial charge in [-0.1, -0.05) is 6.92 Å². The third-order valence-corrected chi connectivity index (χ3v) is 4.29. The van der Waals surface area contributed by atoms with E-state index in [2.05, 4.69) is 18.3 Å². The predicted octanol–water partition coefficient (Wildman–Crippen LogP) is 3.33. The summed E-state index contributed by atoms with van der Waals surface area (Å²) in [5.74, 6) is 0.486. The van der Waals surface area contributed by atoms with Gasteiger partial charge in [0.1, 0.15) is 11.4 Å². The molecule has 2 unspecified atom stereocenters. The monoisotopic (exact) mass is 250 g/mol. The number of thioether (sulfide) groups is 1. The van der Waals surface area contributed by atoms with Crippen LogP contribution in [0.3, 0.4) is 0 Å². The summed E-state index contributed by atoms with van der Waals surface area (Å²) >= 11 is 1.78. The molecule has 1 aliphatic rings. The number of nitrogens with one attached hydrogen (secondary N) is 1. The van der Waals surface area contributed by atoms with Crippen LogP contribution in [0.1, 0.15) is 18.9 Å². The minimum absolute atomic E-state index is 0.265. The number of nitriles is 1. The molecule has 1 aromatic carbocycles. The molecule has 2 rings (SSSR count). The van der Waals surface area contributed by atoms with Crippen LogP contribution in [0.15, 0.2) is 18.2 Å². The molecule has 1 aliphatic heterocycles. The van der Waals surface area contributed by atoms with Gasteiger partial charge in [0, 0.05) is 16.7 Å². The Balaban J connectivity index is 2.22. The fourth-order valence-corrected chi connectivity index (χ4v) is 3.40. The number of rotatable bonds is 2. The van der Waals surface area contributed by atoms with E-state index >= 15 is 0 Å². The van der Waals surface area contributed by atoms with Gasteiger partial charge in [0.15, 0.2) is 0 Å². The minimum Gasteiger partial charge on any atom is -0.367 e. The highest BCUT2D eigenvalue weighted by atomic mass is 32.2. The molecule has 1 saturated heterocycles. The Kier molecular flexibility index (Phi) is 3.30. The second-order valence-corrected chi connectivity index (χ2v) is 6.09. The number of hydrogen-bond acceptors (Lipinski definition) is 3. The van der Waals surface area contributed by atoms with Gasteiger partial charge in [-0.25, -0.2) is 4.39 Å². The zero-order valence-corrected chi connectivity index (χ0v) is 10.8. The lowest BCUT2D eigenvalue weighted by Gasteiger charge is -2.23. The first-order chi connectivity index (χ1) is 8.03. The molecule has 0 amide bonds. The maximum atomic E-state index is 13.3. The molecule has 0 aliphatic carbocycles. The van der Waals surface area contributed by atoms with Crippen molar-refractivity contribution < 1.29 is 4.39 Å². The Hall–Kier alpha value is -1.21. The summed E-state index contributed by atoms with van der Waals surface area (Å²) < 4.78 is 13.3. The summed E-state index contributed by atoms with van der Waals surface area (Å²) in [4.78, 5) is 0. The number of benzene rings is 1. The van der Waals surface area contributed by atoms with Crippen LogP contribution in [-0.2, 0) is 0 Å². The molecular formula is C13H15FN2S. The summed E-state index contributed by atoms with van der Waals surface area (Å²) in [6.45, 7) is 3.96. The standard InChI is InChI=1S/C13H15FN2S/c1-9-3-11(14)5-12(4-9)16-13(7-15)6-10(2)17-8-13/h3-5,10,16H,6,8H2,1-2H3. The fraction of sp³-hybridized carbons (Fsp3) is 0.462. The zero-order chi connectivity index (χ0) is 12.5. The SMILES string of the molecule is Cc1cc(F)cc(NC2(C#N)CSC(C)C2)c1. The lowest BCUT2D eigenvalue weighted by Crippen LogP contribution is -2.36. The van der Waals surface area contributed by atoms with Crippen LogP contribution in [0, 0.1) is 24.1 Å². The second kappa shape index (κ2) is 4.58. The molecule has 17 heavy (non-hydrogen) atoms. The molecule has 2 nitrogen and oxygen atoms in total. The largest absolute Gasteiger partial charge is 0.367 e. The van der Waals surface area contributed by atoms with Crippen molar-refractivity contribution in [1.29, 1.82) is 5.26 Å². The smallest absolute Gasteiger partial charge is 0.135 e. The van der Waals surface area contributed by atoms with Crippen LogP contribution in [-0.4, -0.2) is 16.5 Å². The van der Waals surface area contributed by atoms with Crippen molar-refractivity contribution in [1.82, 2.24) is 0 Å². The van der Waals surface area contributed by atoms with Crippen LogP contribution in [0.5, 0.6) is 0 Å². The van der Waals surface area contributed by atoms with E-state index in [1.165, 1.54) is 12.1 Å². The quantitative estimate of drug-likeness (QED) is 0.874. The topological polar surface area (TPSA) is 35.8 Å². The summed E-state index contributed by atoms with van der Waals surface area (Å²) in [6.07, 6.45) is 0.795. The number of hydrogen-bond donors (Lipinski definition) is 1. The van der Waals surface area contributed by atoms with E-state index in [1.807, 2.05) is 13.0 Å². The molecule has 0 spiro atoms. The van der Waals surface area contributed by atoms with Crippen molar-refractivity contribution in [2.75, 3.05) is 11.1 Å². The van der Waals surface area contributed by atoms with Crippen molar-refractivity contribution in [3.63, 3.8) is 0 Å². The maximum Gasteiger partial charge on any atom is 0.135 e. The second-order valence-electron chi connectivity index (χ2n) is 4.66. The van der Waals surface area contributed by atoms with Gasteiger partial charge in [-0.2, -0.15) is 17.0 Å².